The highest BCUT2D eigenvalue weighted by Crippen LogP contribution is 2.25. The van der Waals surface area contributed by atoms with E-state index in [2.05, 4.69) is 35.9 Å². The summed E-state index contributed by atoms with van der Waals surface area (Å²) in [6.45, 7) is 5.85. The number of hydrogen-bond acceptors (Lipinski definition) is 3. The molecule has 0 aliphatic carbocycles. The molecule has 0 unspecified atom stereocenters. The Bertz CT molecular complexity index is 543. The topological polar surface area (TPSA) is 45.8 Å². The van der Waals surface area contributed by atoms with Gasteiger partial charge < -0.3 is 4.98 Å². The lowest BCUT2D eigenvalue weighted by Crippen LogP contribution is -1.93. The number of carbonyl (C=O) groups excluding carboxylic acids is 1. The van der Waals surface area contributed by atoms with E-state index < -0.39 is 0 Å². The molecule has 0 fully saturated rings. The maximum Gasteiger partial charge on any atom is 0.194 e. The number of H-pyrrole nitrogens is 1. The predicted octanol–water partition coefficient (Wildman–Crippen LogP) is 3.78. The maximum absolute atomic E-state index is 11.2. The Labute approximate surface area is 111 Å². The minimum absolute atomic E-state index is 0.0479. The molecule has 94 valence electrons. The number of aromatic nitrogens is 2. The summed E-state index contributed by atoms with van der Waals surface area (Å²) < 4.78 is 0. The van der Waals surface area contributed by atoms with Gasteiger partial charge in [0.2, 0.25) is 0 Å². The number of carbonyl (C=O) groups is 1. The number of ketones is 1. The Kier molecular flexibility index (Phi) is 3.87. The largest absolute Gasteiger partial charge is 0.336 e. The van der Waals surface area contributed by atoms with Gasteiger partial charge >= 0.3 is 0 Å². The summed E-state index contributed by atoms with van der Waals surface area (Å²) in [5, 5.41) is 0.576. The fraction of sp³-hybridized carbons (Fsp3) is 0.286. The first-order valence-corrected chi connectivity index (χ1v) is 6.77. The molecule has 18 heavy (non-hydrogen) atoms. The van der Waals surface area contributed by atoms with E-state index in [1.165, 1.54) is 11.8 Å². The number of rotatable bonds is 4. The summed E-state index contributed by atoms with van der Waals surface area (Å²) >= 11 is 1.83. The molecule has 0 bridgehead atoms. The van der Waals surface area contributed by atoms with Crippen molar-refractivity contribution in [3.05, 3.63) is 36.3 Å². The van der Waals surface area contributed by atoms with E-state index in [1.807, 2.05) is 23.9 Å². The molecule has 4 heteroatoms. The number of benzene rings is 1. The molecule has 0 saturated heterocycles. The van der Waals surface area contributed by atoms with Gasteiger partial charge in [0.1, 0.15) is 0 Å². The van der Waals surface area contributed by atoms with Crippen molar-refractivity contribution in [3.8, 4) is 11.3 Å². The van der Waals surface area contributed by atoms with Crippen LogP contribution in [0.1, 0.15) is 31.4 Å². The minimum atomic E-state index is -0.0479. The molecule has 3 nitrogen and oxygen atoms in total. The van der Waals surface area contributed by atoms with Crippen LogP contribution in [0.15, 0.2) is 35.4 Å². The fourth-order valence-corrected chi connectivity index (χ4v) is 2.47. The van der Waals surface area contributed by atoms with Crippen LogP contribution in [0.3, 0.4) is 0 Å². The van der Waals surface area contributed by atoms with E-state index in [9.17, 15) is 4.79 Å². The van der Waals surface area contributed by atoms with E-state index in [0.29, 0.717) is 11.1 Å². The van der Waals surface area contributed by atoms with Crippen molar-refractivity contribution in [1.29, 1.82) is 0 Å². The average molecular weight is 260 g/mol. The Hall–Kier alpha value is -1.55. The number of nitrogens with zero attached hydrogens (tertiary/aromatic N) is 1. The second-order valence-corrected chi connectivity index (χ2v) is 6.04. The van der Waals surface area contributed by atoms with Crippen molar-refractivity contribution in [1.82, 2.24) is 9.97 Å². The van der Waals surface area contributed by atoms with E-state index in [-0.39, 0.29) is 5.78 Å². The first kappa shape index (κ1) is 12.9. The molecule has 0 aliphatic rings. The smallest absolute Gasteiger partial charge is 0.194 e. The average Bonchev–Trinajstić information content (AvgIpc) is 2.78. The summed E-state index contributed by atoms with van der Waals surface area (Å²) in [6, 6.07) is 8.27. The summed E-state index contributed by atoms with van der Waals surface area (Å²) in [5.74, 6) is 0.360. The fourth-order valence-electron chi connectivity index (χ4n) is 1.63. The van der Waals surface area contributed by atoms with Crippen LogP contribution < -0.4 is 0 Å². The van der Waals surface area contributed by atoms with Gasteiger partial charge in [0.25, 0.3) is 0 Å². The molecule has 1 heterocycles. The summed E-state index contributed by atoms with van der Waals surface area (Å²) in [5.41, 5.74) is 1.92. The van der Waals surface area contributed by atoms with Gasteiger partial charge in [-0.2, -0.15) is 0 Å². The summed E-state index contributed by atoms with van der Waals surface area (Å²) in [4.78, 5) is 19.5. The Balaban J connectivity index is 2.20. The lowest BCUT2D eigenvalue weighted by molar-refractivity contribution is 0.100. The van der Waals surface area contributed by atoms with Crippen molar-refractivity contribution >= 4 is 17.5 Å². The molecule has 0 saturated carbocycles. The second-order valence-electron chi connectivity index (χ2n) is 4.39. The van der Waals surface area contributed by atoms with Crippen LogP contribution in [0.2, 0.25) is 0 Å². The van der Waals surface area contributed by atoms with E-state index >= 15 is 0 Å². The standard InChI is InChI=1S/C14H16N2OS/c1-9(2)18-12-6-4-11(5-7-12)13-8-15-14(16-13)10(3)17/h4-9H,1-3H3,(H,15,16). The first-order valence-electron chi connectivity index (χ1n) is 5.89. The van der Waals surface area contributed by atoms with Gasteiger partial charge in [-0.3, -0.25) is 4.79 Å². The summed E-state index contributed by atoms with van der Waals surface area (Å²) in [7, 11) is 0. The predicted molar refractivity (Wildman–Crippen MR) is 75.0 cm³/mol. The molecule has 0 spiro atoms. The number of nitrogens with one attached hydrogen (secondary N) is 1. The molecule has 0 aliphatic heterocycles. The zero-order valence-electron chi connectivity index (χ0n) is 10.7. The van der Waals surface area contributed by atoms with E-state index in [0.717, 1.165) is 11.3 Å². The van der Waals surface area contributed by atoms with Gasteiger partial charge in [0.05, 0.1) is 11.9 Å². The summed E-state index contributed by atoms with van der Waals surface area (Å²) in [6.07, 6.45) is 1.70. The molecule has 0 atom stereocenters. The van der Waals surface area contributed by atoms with E-state index in [1.54, 1.807) is 6.20 Å². The highest BCUT2D eigenvalue weighted by molar-refractivity contribution is 7.99. The van der Waals surface area contributed by atoms with Crippen LogP contribution in [0.4, 0.5) is 0 Å². The Morgan fingerprint density at radius 1 is 1.28 bits per heavy atom. The van der Waals surface area contributed by atoms with Crippen LogP contribution in [0, 0.1) is 0 Å². The number of hydrogen-bond donors (Lipinski definition) is 1. The lowest BCUT2D eigenvalue weighted by atomic mass is 10.2. The van der Waals surface area contributed by atoms with Gasteiger partial charge in [-0.15, -0.1) is 11.8 Å². The van der Waals surface area contributed by atoms with E-state index in [4.69, 9.17) is 0 Å². The Morgan fingerprint density at radius 3 is 2.44 bits per heavy atom. The van der Waals surface area contributed by atoms with Crippen LogP contribution in [0.25, 0.3) is 11.3 Å². The van der Waals surface area contributed by atoms with Gasteiger partial charge in [-0.1, -0.05) is 26.0 Å². The second kappa shape index (κ2) is 5.40. The zero-order chi connectivity index (χ0) is 13.1. The molecule has 1 N–H and O–H groups in total. The van der Waals surface area contributed by atoms with Crippen molar-refractivity contribution < 1.29 is 4.79 Å². The van der Waals surface area contributed by atoms with Crippen LogP contribution >= 0.6 is 11.8 Å². The zero-order valence-corrected chi connectivity index (χ0v) is 11.5. The molecule has 2 aromatic rings. The van der Waals surface area contributed by atoms with Crippen molar-refractivity contribution in [2.24, 2.45) is 0 Å². The van der Waals surface area contributed by atoms with Crippen LogP contribution in [0.5, 0.6) is 0 Å². The Morgan fingerprint density at radius 2 is 1.94 bits per heavy atom. The number of aromatic amines is 1. The first-order chi connectivity index (χ1) is 8.56. The molecule has 1 aromatic heterocycles. The number of imidazole rings is 1. The van der Waals surface area contributed by atoms with Gasteiger partial charge in [-0.05, 0) is 17.7 Å². The van der Waals surface area contributed by atoms with Gasteiger partial charge in [-0.25, -0.2) is 4.98 Å². The molecule has 1 aromatic carbocycles. The molecular weight excluding hydrogens is 244 g/mol. The third-order valence-corrected chi connectivity index (χ3v) is 3.46. The van der Waals surface area contributed by atoms with Crippen LogP contribution in [-0.2, 0) is 0 Å². The third-order valence-electron chi connectivity index (χ3n) is 2.45. The highest BCUT2D eigenvalue weighted by atomic mass is 32.2. The third kappa shape index (κ3) is 3.01. The van der Waals surface area contributed by atoms with Crippen LogP contribution in [-0.4, -0.2) is 21.0 Å². The monoisotopic (exact) mass is 260 g/mol. The lowest BCUT2D eigenvalue weighted by Gasteiger charge is -2.05. The quantitative estimate of drug-likeness (QED) is 0.672. The molecule has 2 rings (SSSR count). The van der Waals surface area contributed by atoms with Gasteiger partial charge in [0.15, 0.2) is 11.6 Å². The number of thioether (sulfide) groups is 1. The normalized spacial score (nSPS) is 10.9. The molecule has 0 amide bonds. The highest BCUT2D eigenvalue weighted by Gasteiger charge is 2.06. The van der Waals surface area contributed by atoms with Crippen molar-refractivity contribution in [3.63, 3.8) is 0 Å². The molecular formula is C14H16N2OS. The molecule has 0 radical (unpaired) electrons. The number of Topliss-reactive ketones (excluding diaryl/α,β-unsaturated/α-hetero) is 1. The van der Waals surface area contributed by atoms with Crippen molar-refractivity contribution in [2.45, 2.75) is 30.9 Å². The van der Waals surface area contributed by atoms with Crippen molar-refractivity contribution in [2.75, 3.05) is 0 Å². The van der Waals surface area contributed by atoms with Gasteiger partial charge in [0, 0.05) is 17.1 Å². The SMILES string of the molecule is CC(=O)c1ncc(-c2ccc(SC(C)C)cc2)[nH]1. The minimum Gasteiger partial charge on any atom is -0.336 e. The maximum atomic E-state index is 11.2.